The number of guanidine groups is 2. The van der Waals surface area contributed by atoms with Crippen LogP contribution in [0, 0.1) is 16.7 Å². The minimum atomic E-state index is -0.817. The highest BCUT2D eigenvalue weighted by molar-refractivity contribution is 5.87. The van der Waals surface area contributed by atoms with Gasteiger partial charge in [0, 0.05) is 19.0 Å². The van der Waals surface area contributed by atoms with Gasteiger partial charge in [-0.1, -0.05) is 6.92 Å². The fourth-order valence-electron chi connectivity index (χ4n) is 3.42. The second kappa shape index (κ2) is 3.48. The van der Waals surface area contributed by atoms with Crippen molar-refractivity contribution in [1.29, 1.82) is 10.8 Å². The van der Waals surface area contributed by atoms with Gasteiger partial charge in [-0.15, -0.1) is 0 Å². The highest BCUT2D eigenvalue weighted by Gasteiger charge is 2.65. The number of rotatable bonds is 1. The van der Waals surface area contributed by atoms with Crippen molar-refractivity contribution in [3.8, 4) is 0 Å². The van der Waals surface area contributed by atoms with Crippen LogP contribution in [0.1, 0.15) is 6.92 Å². The van der Waals surface area contributed by atoms with Gasteiger partial charge >= 0.3 is 0 Å². The topological polar surface area (TPSA) is 133 Å². The van der Waals surface area contributed by atoms with Crippen molar-refractivity contribution in [2.45, 2.75) is 30.8 Å². The molecule has 3 saturated heterocycles. The zero-order valence-electron chi connectivity index (χ0n) is 10.2. The van der Waals surface area contributed by atoms with E-state index in [9.17, 15) is 5.11 Å². The number of aliphatic hydroxyl groups excluding tert-OH is 1. The Morgan fingerprint density at radius 2 is 2.22 bits per heavy atom. The fraction of sp³-hybridized carbons (Fsp3) is 0.800. The van der Waals surface area contributed by atoms with E-state index in [4.69, 9.17) is 16.6 Å². The first-order valence-electron chi connectivity index (χ1n) is 6.15. The SMILES string of the molecule is C[C@H]1CN2C(=N)N[C@@H](CN)C3NC(=N)NC32[C@@H]1O. The predicted molar refractivity (Wildman–Crippen MR) is 66.1 cm³/mol. The minimum Gasteiger partial charge on any atom is -0.388 e. The largest absolute Gasteiger partial charge is 0.388 e. The lowest BCUT2D eigenvalue weighted by Crippen LogP contribution is -2.77. The average molecular weight is 253 g/mol. The summed E-state index contributed by atoms with van der Waals surface area (Å²) in [5.74, 6) is 0.466. The Hall–Kier alpha value is -1.54. The molecule has 8 N–H and O–H groups in total. The number of hydrogen-bond donors (Lipinski definition) is 7. The normalized spacial score (nSPS) is 46.1. The van der Waals surface area contributed by atoms with Gasteiger partial charge in [0.1, 0.15) is 6.10 Å². The van der Waals surface area contributed by atoms with E-state index in [2.05, 4.69) is 16.0 Å². The third-order valence-corrected chi connectivity index (χ3v) is 4.25. The van der Waals surface area contributed by atoms with Crippen molar-refractivity contribution in [2.75, 3.05) is 13.1 Å². The Morgan fingerprint density at radius 1 is 1.50 bits per heavy atom. The second-order valence-corrected chi connectivity index (χ2v) is 5.32. The number of nitrogens with zero attached hydrogens (tertiary/aromatic N) is 1. The van der Waals surface area contributed by atoms with E-state index in [-0.39, 0.29) is 29.9 Å². The summed E-state index contributed by atoms with van der Waals surface area (Å²) in [5, 5.41) is 35.4. The number of aliphatic hydroxyl groups is 1. The highest BCUT2D eigenvalue weighted by atomic mass is 16.3. The molecule has 3 heterocycles. The van der Waals surface area contributed by atoms with Crippen LogP contribution in [0.5, 0.6) is 0 Å². The van der Waals surface area contributed by atoms with E-state index in [1.54, 1.807) is 4.90 Å². The average Bonchev–Trinajstić information content (AvgIpc) is 2.80. The lowest BCUT2D eigenvalue weighted by atomic mass is 9.86. The molecule has 8 nitrogen and oxygen atoms in total. The Balaban J connectivity index is 2.08. The van der Waals surface area contributed by atoms with E-state index < -0.39 is 11.8 Å². The van der Waals surface area contributed by atoms with Crippen molar-refractivity contribution >= 4 is 11.9 Å². The highest BCUT2D eigenvalue weighted by Crippen LogP contribution is 2.39. The molecule has 0 aromatic carbocycles. The third-order valence-electron chi connectivity index (χ3n) is 4.25. The third kappa shape index (κ3) is 1.16. The Bertz CT molecular complexity index is 413. The minimum absolute atomic E-state index is 0.0337. The molecule has 0 bridgehead atoms. The van der Waals surface area contributed by atoms with E-state index in [0.717, 1.165) is 0 Å². The molecule has 5 atom stereocenters. The van der Waals surface area contributed by atoms with Crippen LogP contribution in [0.2, 0.25) is 0 Å². The molecule has 0 amide bonds. The summed E-state index contributed by atoms with van der Waals surface area (Å²) in [4.78, 5) is 1.80. The number of nitrogens with one attached hydrogen (secondary N) is 5. The van der Waals surface area contributed by atoms with Crippen LogP contribution in [0.3, 0.4) is 0 Å². The van der Waals surface area contributed by atoms with Gasteiger partial charge in [-0.25, -0.2) is 0 Å². The van der Waals surface area contributed by atoms with Gasteiger partial charge in [0.2, 0.25) is 0 Å². The van der Waals surface area contributed by atoms with E-state index >= 15 is 0 Å². The van der Waals surface area contributed by atoms with Crippen molar-refractivity contribution in [3.05, 3.63) is 0 Å². The molecule has 0 radical (unpaired) electrons. The maximum atomic E-state index is 10.5. The van der Waals surface area contributed by atoms with Gasteiger partial charge in [0.15, 0.2) is 17.6 Å². The summed E-state index contributed by atoms with van der Waals surface area (Å²) in [6.07, 6.45) is -0.644. The Morgan fingerprint density at radius 3 is 2.89 bits per heavy atom. The first-order valence-corrected chi connectivity index (χ1v) is 6.15. The monoisotopic (exact) mass is 253 g/mol. The van der Waals surface area contributed by atoms with E-state index in [1.807, 2.05) is 6.92 Å². The van der Waals surface area contributed by atoms with Crippen LogP contribution in [0.15, 0.2) is 0 Å². The molecule has 3 rings (SSSR count). The van der Waals surface area contributed by atoms with Crippen molar-refractivity contribution in [1.82, 2.24) is 20.9 Å². The van der Waals surface area contributed by atoms with Gasteiger partial charge in [-0.2, -0.15) is 0 Å². The van der Waals surface area contributed by atoms with Gasteiger partial charge in [-0.05, 0) is 0 Å². The summed E-state index contributed by atoms with van der Waals surface area (Å²) < 4.78 is 0. The van der Waals surface area contributed by atoms with Crippen LogP contribution in [0.4, 0.5) is 0 Å². The molecule has 18 heavy (non-hydrogen) atoms. The molecule has 0 aromatic rings. The standard InChI is InChI=1S/C10H19N7O/c1-4-3-17-9(13)14-5(2-11)6-10(17,7(4)18)16-8(12)15-6/h4-7,18H,2-3,11H2,1H3,(H2,13,14)(H3,12,15,16)/t4-,5-,6?,7+,10?/m0/s1. The zero-order chi connectivity index (χ0) is 13.1. The fourth-order valence-corrected chi connectivity index (χ4v) is 3.42. The Labute approximate surface area is 105 Å². The molecule has 1 spiro atoms. The quantitative estimate of drug-likeness (QED) is 0.273. The predicted octanol–water partition coefficient (Wildman–Crippen LogP) is -2.64. The van der Waals surface area contributed by atoms with Crippen LogP contribution in [0.25, 0.3) is 0 Å². The molecule has 3 fully saturated rings. The molecule has 0 aromatic heterocycles. The van der Waals surface area contributed by atoms with Gasteiger partial charge < -0.3 is 31.7 Å². The molecule has 3 aliphatic heterocycles. The van der Waals surface area contributed by atoms with Gasteiger partial charge in [-0.3, -0.25) is 10.8 Å². The number of nitrogens with two attached hydrogens (primary N) is 1. The van der Waals surface area contributed by atoms with Crippen molar-refractivity contribution in [3.63, 3.8) is 0 Å². The molecule has 8 heteroatoms. The second-order valence-electron chi connectivity index (χ2n) is 5.32. The van der Waals surface area contributed by atoms with Crippen LogP contribution < -0.4 is 21.7 Å². The lowest BCUT2D eigenvalue weighted by Gasteiger charge is -2.49. The molecule has 100 valence electrons. The maximum absolute atomic E-state index is 10.5. The summed E-state index contributed by atoms with van der Waals surface area (Å²) in [5.41, 5.74) is 4.91. The van der Waals surface area contributed by atoms with Crippen molar-refractivity contribution < 1.29 is 5.11 Å². The first-order chi connectivity index (χ1) is 8.50. The summed E-state index contributed by atoms with van der Waals surface area (Å²) in [6, 6.07) is -0.395. The lowest BCUT2D eigenvalue weighted by molar-refractivity contribution is 0.00328. The van der Waals surface area contributed by atoms with Crippen LogP contribution in [-0.4, -0.2) is 58.9 Å². The maximum Gasteiger partial charge on any atom is 0.193 e. The smallest absolute Gasteiger partial charge is 0.193 e. The zero-order valence-corrected chi connectivity index (χ0v) is 10.2. The van der Waals surface area contributed by atoms with E-state index in [0.29, 0.717) is 13.1 Å². The van der Waals surface area contributed by atoms with Gasteiger partial charge in [0.05, 0.1) is 12.1 Å². The Kier molecular flexibility index (Phi) is 2.23. The van der Waals surface area contributed by atoms with Gasteiger partial charge in [0.25, 0.3) is 0 Å². The number of hydrogen-bond acceptors (Lipinski definition) is 4. The molecular weight excluding hydrogens is 234 g/mol. The summed E-state index contributed by atoms with van der Waals surface area (Å²) >= 11 is 0. The summed E-state index contributed by atoms with van der Waals surface area (Å²) in [7, 11) is 0. The molecular formula is C10H19N7O. The summed E-state index contributed by atoms with van der Waals surface area (Å²) in [6.45, 7) is 2.87. The molecule has 2 unspecified atom stereocenters. The molecule has 0 aliphatic carbocycles. The van der Waals surface area contributed by atoms with Crippen LogP contribution in [-0.2, 0) is 0 Å². The first kappa shape index (κ1) is 11.5. The molecule has 0 saturated carbocycles. The molecule has 3 aliphatic rings. The van der Waals surface area contributed by atoms with Crippen molar-refractivity contribution in [2.24, 2.45) is 11.7 Å². The van der Waals surface area contributed by atoms with E-state index in [1.165, 1.54) is 0 Å². The van der Waals surface area contributed by atoms with Crippen LogP contribution >= 0.6 is 0 Å².